The van der Waals surface area contributed by atoms with Crippen molar-refractivity contribution in [3.05, 3.63) is 58.9 Å². The third kappa shape index (κ3) is 4.75. The fraction of sp³-hybridized carbons (Fsp3) is 0.316. The molecule has 0 bridgehead atoms. The molecule has 2 aromatic rings. The lowest BCUT2D eigenvalue weighted by Gasteiger charge is -2.28. The van der Waals surface area contributed by atoms with Crippen LogP contribution in [0.3, 0.4) is 0 Å². The average molecular weight is 389 g/mol. The molecule has 0 radical (unpaired) electrons. The Labute approximate surface area is 162 Å². The van der Waals surface area contributed by atoms with Gasteiger partial charge in [-0.3, -0.25) is 14.6 Å². The lowest BCUT2D eigenvalue weighted by Crippen LogP contribution is -2.47. The summed E-state index contributed by atoms with van der Waals surface area (Å²) in [6.07, 6.45) is 1.53. The van der Waals surface area contributed by atoms with Crippen molar-refractivity contribution >= 4 is 29.1 Å². The first-order valence-electron chi connectivity index (χ1n) is 8.59. The van der Waals surface area contributed by atoms with E-state index in [4.69, 9.17) is 11.6 Å². The Morgan fingerprint density at radius 2 is 2.22 bits per heavy atom. The van der Waals surface area contributed by atoms with Gasteiger partial charge in [0.2, 0.25) is 5.91 Å². The Kier molecular flexibility index (Phi) is 5.62. The molecule has 142 valence electrons. The highest BCUT2D eigenvalue weighted by Gasteiger charge is 2.25. The van der Waals surface area contributed by atoms with Crippen LogP contribution in [0.4, 0.5) is 5.69 Å². The van der Waals surface area contributed by atoms with Crippen LogP contribution in [0, 0.1) is 0 Å². The largest absolute Gasteiger partial charge is 0.384 e. The molecule has 3 N–H and O–H groups in total. The lowest BCUT2D eigenvalue weighted by molar-refractivity contribution is -0.120. The number of carbonyl (C=O) groups excluding carboxylic acids is 2. The van der Waals surface area contributed by atoms with Crippen molar-refractivity contribution in [3.8, 4) is 0 Å². The summed E-state index contributed by atoms with van der Waals surface area (Å²) in [6, 6.07) is 10.3. The smallest absolute Gasteiger partial charge is 0.270 e. The van der Waals surface area contributed by atoms with E-state index in [0.29, 0.717) is 23.7 Å². The van der Waals surface area contributed by atoms with E-state index in [1.54, 1.807) is 43.3 Å². The number of rotatable bonds is 5. The molecule has 0 spiro atoms. The van der Waals surface area contributed by atoms with Gasteiger partial charge in [0, 0.05) is 30.0 Å². The van der Waals surface area contributed by atoms with Crippen LogP contribution < -0.4 is 15.5 Å². The normalized spacial score (nSPS) is 16.4. The Bertz CT molecular complexity index is 856. The van der Waals surface area contributed by atoms with Gasteiger partial charge in [0.25, 0.3) is 5.91 Å². The molecular formula is C19H21ClN4O3. The number of piperazine rings is 1. The van der Waals surface area contributed by atoms with Gasteiger partial charge in [-0.05, 0) is 36.8 Å². The minimum atomic E-state index is -1.27. The number of aromatic nitrogens is 1. The van der Waals surface area contributed by atoms with Gasteiger partial charge in [-0.2, -0.15) is 0 Å². The Morgan fingerprint density at radius 3 is 2.96 bits per heavy atom. The molecule has 1 atom stereocenters. The van der Waals surface area contributed by atoms with Gasteiger partial charge in [0.1, 0.15) is 11.3 Å². The Hall–Kier alpha value is -2.64. The molecule has 1 aliphatic heterocycles. The molecule has 1 aliphatic rings. The molecular weight excluding hydrogens is 368 g/mol. The van der Waals surface area contributed by atoms with Crippen LogP contribution in [0.25, 0.3) is 0 Å². The number of carbonyl (C=O) groups is 2. The van der Waals surface area contributed by atoms with Gasteiger partial charge >= 0.3 is 0 Å². The van der Waals surface area contributed by atoms with Gasteiger partial charge < -0.3 is 20.6 Å². The number of benzene rings is 1. The fourth-order valence-corrected chi connectivity index (χ4v) is 3.06. The molecule has 7 nitrogen and oxygen atoms in total. The number of halogens is 1. The number of aliphatic hydroxyl groups is 1. The quantitative estimate of drug-likeness (QED) is 0.718. The summed E-state index contributed by atoms with van der Waals surface area (Å²) < 4.78 is 0. The predicted molar refractivity (Wildman–Crippen MR) is 103 cm³/mol. The molecule has 27 heavy (non-hydrogen) atoms. The number of hydrogen-bond donors (Lipinski definition) is 3. The zero-order chi connectivity index (χ0) is 19.4. The van der Waals surface area contributed by atoms with E-state index >= 15 is 0 Å². The summed E-state index contributed by atoms with van der Waals surface area (Å²) in [6.45, 7) is 3.08. The van der Waals surface area contributed by atoms with Crippen molar-refractivity contribution in [3.63, 3.8) is 0 Å². The van der Waals surface area contributed by atoms with Crippen molar-refractivity contribution in [2.75, 3.05) is 31.1 Å². The molecule has 1 aromatic heterocycles. The molecule has 1 aromatic carbocycles. The maximum Gasteiger partial charge on any atom is 0.270 e. The van der Waals surface area contributed by atoms with Crippen molar-refractivity contribution in [1.29, 1.82) is 0 Å². The molecule has 3 rings (SSSR count). The summed E-state index contributed by atoms with van der Waals surface area (Å²) in [5.74, 6) is -0.456. The van der Waals surface area contributed by atoms with Gasteiger partial charge in [-0.25, -0.2) is 0 Å². The second kappa shape index (κ2) is 7.94. The van der Waals surface area contributed by atoms with Crippen LogP contribution >= 0.6 is 11.6 Å². The fourth-order valence-electron chi connectivity index (χ4n) is 2.87. The first-order valence-corrected chi connectivity index (χ1v) is 8.97. The highest BCUT2D eigenvalue weighted by molar-refractivity contribution is 6.30. The van der Waals surface area contributed by atoms with E-state index in [1.807, 2.05) is 4.90 Å². The Morgan fingerprint density at radius 1 is 1.41 bits per heavy atom. The van der Waals surface area contributed by atoms with Gasteiger partial charge in [0.15, 0.2) is 0 Å². The number of nitrogens with one attached hydrogen (secondary N) is 2. The monoisotopic (exact) mass is 388 g/mol. The van der Waals surface area contributed by atoms with E-state index in [9.17, 15) is 14.7 Å². The van der Waals surface area contributed by atoms with E-state index in [2.05, 4.69) is 15.6 Å². The molecule has 0 saturated carbocycles. The van der Waals surface area contributed by atoms with Crippen LogP contribution in [-0.4, -0.2) is 48.1 Å². The maximum atomic E-state index is 12.5. The van der Waals surface area contributed by atoms with E-state index in [-0.39, 0.29) is 24.7 Å². The van der Waals surface area contributed by atoms with Gasteiger partial charge in [-0.15, -0.1) is 0 Å². The zero-order valence-corrected chi connectivity index (χ0v) is 15.7. The summed E-state index contributed by atoms with van der Waals surface area (Å²) in [4.78, 5) is 30.0. The third-order valence-electron chi connectivity index (χ3n) is 4.42. The minimum absolute atomic E-state index is 0.00417. The lowest BCUT2D eigenvalue weighted by atomic mass is 9.96. The van der Waals surface area contributed by atoms with Crippen LogP contribution in [-0.2, 0) is 10.4 Å². The van der Waals surface area contributed by atoms with Crippen molar-refractivity contribution < 1.29 is 14.7 Å². The van der Waals surface area contributed by atoms with E-state index in [1.165, 1.54) is 6.20 Å². The van der Waals surface area contributed by atoms with Crippen molar-refractivity contribution in [2.24, 2.45) is 0 Å². The van der Waals surface area contributed by atoms with E-state index in [0.717, 1.165) is 5.69 Å². The summed E-state index contributed by atoms with van der Waals surface area (Å²) in [7, 11) is 0. The molecule has 0 aliphatic carbocycles. The Balaban J connectivity index is 1.67. The first-order chi connectivity index (χ1) is 12.8. The molecule has 1 fully saturated rings. The number of anilines is 1. The van der Waals surface area contributed by atoms with Crippen LogP contribution in [0.5, 0.6) is 0 Å². The third-order valence-corrected chi connectivity index (χ3v) is 4.65. The average Bonchev–Trinajstić information content (AvgIpc) is 2.66. The van der Waals surface area contributed by atoms with Gasteiger partial charge in [-0.1, -0.05) is 23.7 Å². The molecule has 2 heterocycles. The molecule has 2 amide bonds. The minimum Gasteiger partial charge on any atom is -0.384 e. The zero-order valence-electron chi connectivity index (χ0n) is 14.9. The topological polar surface area (TPSA) is 94.6 Å². The molecule has 1 unspecified atom stereocenters. The maximum absolute atomic E-state index is 12.5. The highest BCUT2D eigenvalue weighted by Crippen LogP contribution is 2.23. The number of amides is 2. The van der Waals surface area contributed by atoms with Crippen LogP contribution in [0.2, 0.25) is 5.02 Å². The molecule has 8 heteroatoms. The van der Waals surface area contributed by atoms with Crippen LogP contribution in [0.15, 0.2) is 42.6 Å². The molecule has 1 saturated heterocycles. The second-order valence-corrected chi connectivity index (χ2v) is 7.07. The summed E-state index contributed by atoms with van der Waals surface area (Å²) in [5, 5.41) is 16.6. The first kappa shape index (κ1) is 19.1. The number of pyridine rings is 1. The predicted octanol–water partition coefficient (Wildman–Crippen LogP) is 1.31. The highest BCUT2D eigenvalue weighted by atomic mass is 35.5. The summed E-state index contributed by atoms with van der Waals surface area (Å²) in [5.41, 5.74) is 0.312. The summed E-state index contributed by atoms with van der Waals surface area (Å²) >= 11 is 5.97. The van der Waals surface area contributed by atoms with Crippen LogP contribution in [0.1, 0.15) is 23.0 Å². The standard InChI is InChI=1S/C19H21ClN4O3/c1-19(27,13-3-2-4-14(20)9-13)12-23-18(26)16-10-15(5-6-21-16)24-8-7-22-17(25)11-24/h2-6,9-10,27H,7-8,11-12H2,1H3,(H,22,25)(H,23,26). The number of hydrogen-bond acceptors (Lipinski definition) is 5. The van der Waals surface area contributed by atoms with Crippen molar-refractivity contribution in [1.82, 2.24) is 15.6 Å². The van der Waals surface area contributed by atoms with Gasteiger partial charge in [0.05, 0.1) is 13.1 Å². The second-order valence-electron chi connectivity index (χ2n) is 6.64. The van der Waals surface area contributed by atoms with Crippen molar-refractivity contribution in [2.45, 2.75) is 12.5 Å². The van der Waals surface area contributed by atoms with E-state index < -0.39 is 11.5 Å². The SMILES string of the molecule is CC(O)(CNC(=O)c1cc(N2CCNC(=O)C2)ccn1)c1cccc(Cl)c1. The number of nitrogens with zero attached hydrogens (tertiary/aromatic N) is 2.